The van der Waals surface area contributed by atoms with Crippen LogP contribution >= 0.6 is 23.2 Å². The number of alkyl halides is 3. The van der Waals surface area contributed by atoms with Gasteiger partial charge in [0.1, 0.15) is 11.9 Å². The Hall–Kier alpha value is -2.75. The van der Waals surface area contributed by atoms with Crippen molar-refractivity contribution in [3.63, 3.8) is 0 Å². The number of carbonyl (C=O) groups is 1. The molecule has 1 atom stereocenters. The summed E-state index contributed by atoms with van der Waals surface area (Å²) in [6.07, 6.45) is -9.28. The normalized spacial score (nSPS) is 12.6. The summed E-state index contributed by atoms with van der Waals surface area (Å²) >= 11 is 11.9. The van der Waals surface area contributed by atoms with E-state index in [-0.39, 0.29) is 21.4 Å². The van der Waals surface area contributed by atoms with Gasteiger partial charge >= 0.3 is 6.18 Å². The van der Waals surface area contributed by atoms with Crippen LogP contribution < -0.4 is 5.56 Å². The number of aliphatic hydroxyl groups excluding tert-OH is 1. The van der Waals surface area contributed by atoms with Crippen molar-refractivity contribution in [1.29, 1.82) is 0 Å². The van der Waals surface area contributed by atoms with E-state index in [9.17, 15) is 27.2 Å². The van der Waals surface area contributed by atoms with Crippen LogP contribution in [-0.4, -0.2) is 33.0 Å². The maximum absolute atomic E-state index is 13.7. The quantitative estimate of drug-likeness (QED) is 0.380. The van der Waals surface area contributed by atoms with Gasteiger partial charge in [-0.25, -0.2) is 4.39 Å². The van der Waals surface area contributed by atoms with E-state index >= 15 is 0 Å². The van der Waals surface area contributed by atoms with E-state index in [2.05, 4.69) is 5.10 Å². The zero-order chi connectivity index (χ0) is 23.6. The third kappa shape index (κ3) is 5.35. The smallest absolute Gasteiger partial charge is 0.384 e. The van der Waals surface area contributed by atoms with Crippen LogP contribution in [0.15, 0.2) is 53.3 Å². The second kappa shape index (κ2) is 9.40. The van der Waals surface area contributed by atoms with E-state index in [1.165, 1.54) is 30.3 Å². The number of hydrogen-bond donors (Lipinski definition) is 1. The third-order valence-corrected chi connectivity index (χ3v) is 5.24. The Morgan fingerprint density at radius 1 is 1.09 bits per heavy atom. The van der Waals surface area contributed by atoms with Crippen LogP contribution in [0.2, 0.25) is 10.0 Å². The molecule has 32 heavy (non-hydrogen) atoms. The number of benzene rings is 2. The number of nitrogens with zero attached hydrogens (tertiary/aromatic N) is 2. The van der Waals surface area contributed by atoms with Crippen molar-refractivity contribution >= 4 is 29.0 Å². The fourth-order valence-corrected chi connectivity index (χ4v) is 3.14. The molecule has 0 radical (unpaired) electrons. The predicted octanol–water partition coefficient (Wildman–Crippen LogP) is 5.23. The Labute approximate surface area is 188 Å². The minimum atomic E-state index is -4.90. The average Bonchev–Trinajstić information content (AvgIpc) is 2.73. The van der Waals surface area contributed by atoms with E-state index in [0.29, 0.717) is 5.56 Å². The molecule has 0 saturated heterocycles. The lowest BCUT2D eigenvalue weighted by molar-refractivity contribution is -0.204. The number of rotatable bonds is 6. The first-order chi connectivity index (χ1) is 15.0. The molecule has 168 valence electrons. The predicted molar refractivity (Wildman–Crippen MR) is 111 cm³/mol. The highest BCUT2D eigenvalue weighted by atomic mass is 35.5. The van der Waals surface area contributed by atoms with Crippen molar-refractivity contribution in [1.82, 2.24) is 9.78 Å². The van der Waals surface area contributed by atoms with Gasteiger partial charge in [0.05, 0.1) is 27.0 Å². The zero-order valence-corrected chi connectivity index (χ0v) is 17.5. The van der Waals surface area contributed by atoms with Gasteiger partial charge in [-0.3, -0.25) is 9.59 Å². The first kappa shape index (κ1) is 23.9. The molecule has 5 nitrogen and oxygen atoms in total. The first-order valence-electron chi connectivity index (χ1n) is 9.11. The molecule has 0 saturated carbocycles. The monoisotopic (exact) mass is 488 g/mol. The van der Waals surface area contributed by atoms with Crippen LogP contribution in [0, 0.1) is 5.82 Å². The number of halogens is 6. The molecular formula is C21H14Cl2F4N2O3. The van der Waals surface area contributed by atoms with Gasteiger partial charge in [-0.05, 0) is 42.8 Å². The van der Waals surface area contributed by atoms with Crippen LogP contribution in [0.3, 0.4) is 0 Å². The minimum absolute atomic E-state index is 0.00119. The van der Waals surface area contributed by atoms with Crippen molar-refractivity contribution in [3.05, 3.63) is 80.3 Å². The highest BCUT2D eigenvalue weighted by molar-refractivity contribution is 6.42. The van der Waals surface area contributed by atoms with Crippen molar-refractivity contribution in [2.45, 2.75) is 25.1 Å². The summed E-state index contributed by atoms with van der Waals surface area (Å²) in [7, 11) is 0. The van der Waals surface area contributed by atoms with Gasteiger partial charge in [0.25, 0.3) is 5.56 Å². The summed E-state index contributed by atoms with van der Waals surface area (Å²) in [5, 5.41) is 13.7. The summed E-state index contributed by atoms with van der Waals surface area (Å²) in [5.41, 5.74) is -0.993. The van der Waals surface area contributed by atoms with E-state index in [1.807, 2.05) is 0 Å². The molecule has 1 N–H and O–H groups in total. The summed E-state index contributed by atoms with van der Waals surface area (Å²) in [6, 6.07) is 10.4. The van der Waals surface area contributed by atoms with Gasteiger partial charge in [0, 0.05) is 12.0 Å². The Kier molecular flexibility index (Phi) is 7.02. The molecule has 0 amide bonds. The van der Waals surface area contributed by atoms with Crippen LogP contribution in [-0.2, 0) is 0 Å². The van der Waals surface area contributed by atoms with Crippen LogP contribution in [0.25, 0.3) is 16.9 Å². The average molecular weight is 489 g/mol. The topological polar surface area (TPSA) is 72.2 Å². The first-order valence-corrected chi connectivity index (χ1v) is 9.86. The fraction of sp³-hybridized carbons (Fsp3) is 0.190. The highest BCUT2D eigenvalue weighted by Crippen LogP contribution is 2.28. The molecule has 11 heteroatoms. The number of Topliss-reactive ketones (excluding diaryl/α,β-unsaturated/α-hetero) is 1. The molecule has 1 aromatic heterocycles. The van der Waals surface area contributed by atoms with Gasteiger partial charge in [0.15, 0.2) is 5.78 Å². The lowest BCUT2D eigenvalue weighted by Crippen LogP contribution is -2.31. The molecule has 1 unspecified atom stereocenters. The summed E-state index contributed by atoms with van der Waals surface area (Å²) < 4.78 is 52.2. The maximum Gasteiger partial charge on any atom is 0.414 e. The molecule has 0 aliphatic rings. The van der Waals surface area contributed by atoms with Crippen molar-refractivity contribution in [3.8, 4) is 16.9 Å². The number of carbonyl (C=O) groups excluding carboxylic acids is 1. The second-order valence-electron chi connectivity index (χ2n) is 6.79. The summed E-state index contributed by atoms with van der Waals surface area (Å²) in [6.45, 7) is 0. The molecule has 1 heterocycles. The Morgan fingerprint density at radius 3 is 2.44 bits per heavy atom. The van der Waals surface area contributed by atoms with Gasteiger partial charge in [0.2, 0.25) is 0 Å². The minimum Gasteiger partial charge on any atom is -0.384 e. The van der Waals surface area contributed by atoms with Crippen LogP contribution in [0.5, 0.6) is 0 Å². The molecule has 0 aliphatic carbocycles. The highest BCUT2D eigenvalue weighted by Gasteiger charge is 2.38. The number of aliphatic hydroxyl groups is 1. The van der Waals surface area contributed by atoms with Crippen molar-refractivity contribution < 1.29 is 27.5 Å². The molecule has 3 rings (SSSR count). The molecule has 3 aromatic rings. The van der Waals surface area contributed by atoms with E-state index in [4.69, 9.17) is 28.3 Å². The SMILES string of the molecule is O=C(CCC(O)C(F)(F)F)c1cc(-c2ccc(Cl)c(Cl)c2)nn(-c2cccc(F)c2)c1=O. The maximum atomic E-state index is 13.7. The number of hydrogen-bond acceptors (Lipinski definition) is 4. The van der Waals surface area contributed by atoms with Crippen LogP contribution in [0.1, 0.15) is 23.2 Å². The third-order valence-electron chi connectivity index (χ3n) is 4.50. The standard InChI is InChI=1S/C21H14Cl2F4N2O3/c22-15-5-4-11(8-16(15)23)17-10-14(18(30)6-7-19(31)21(25,26)27)20(32)29(28-17)13-3-1-2-12(24)9-13/h1-5,8-10,19,31H,6-7H2. The number of aromatic nitrogens is 2. The summed E-state index contributed by atoms with van der Waals surface area (Å²) in [4.78, 5) is 25.5. The Bertz CT molecular complexity index is 1230. The lowest BCUT2D eigenvalue weighted by Gasteiger charge is -2.14. The molecule has 0 aliphatic heterocycles. The van der Waals surface area contributed by atoms with Gasteiger partial charge in [-0.2, -0.15) is 23.0 Å². The Balaban J connectivity index is 2.11. The Morgan fingerprint density at radius 2 is 1.81 bits per heavy atom. The van der Waals surface area contributed by atoms with E-state index in [0.717, 1.165) is 22.9 Å². The van der Waals surface area contributed by atoms with E-state index < -0.39 is 47.8 Å². The molecule has 0 fully saturated rings. The van der Waals surface area contributed by atoms with Gasteiger partial charge in [-0.1, -0.05) is 35.3 Å². The molecule has 0 bridgehead atoms. The molecule has 2 aromatic carbocycles. The van der Waals surface area contributed by atoms with Crippen molar-refractivity contribution in [2.75, 3.05) is 0 Å². The second-order valence-corrected chi connectivity index (χ2v) is 7.60. The fourth-order valence-electron chi connectivity index (χ4n) is 2.84. The molecular weight excluding hydrogens is 475 g/mol. The van der Waals surface area contributed by atoms with Gasteiger partial charge in [-0.15, -0.1) is 0 Å². The van der Waals surface area contributed by atoms with E-state index in [1.54, 1.807) is 0 Å². The van der Waals surface area contributed by atoms with Gasteiger partial charge < -0.3 is 5.11 Å². The zero-order valence-electron chi connectivity index (χ0n) is 16.0. The van der Waals surface area contributed by atoms with Crippen LogP contribution in [0.4, 0.5) is 17.6 Å². The summed E-state index contributed by atoms with van der Waals surface area (Å²) in [5.74, 6) is -1.61. The molecule has 0 spiro atoms. The lowest BCUT2D eigenvalue weighted by atomic mass is 10.0. The largest absolute Gasteiger partial charge is 0.414 e. The number of ketones is 1. The van der Waals surface area contributed by atoms with Crippen molar-refractivity contribution in [2.24, 2.45) is 0 Å².